The Hall–Kier alpha value is -3.42. The Kier molecular flexibility index (Phi) is 4.80. The molecular formula is C24H29N5O3. The van der Waals surface area contributed by atoms with E-state index in [9.17, 15) is 14.4 Å². The van der Waals surface area contributed by atoms with Gasteiger partial charge in [-0.2, -0.15) is 4.98 Å². The van der Waals surface area contributed by atoms with E-state index in [1.54, 1.807) is 32.2 Å². The van der Waals surface area contributed by atoms with Crippen LogP contribution in [0.1, 0.15) is 43.3 Å². The minimum atomic E-state index is -0.662. The smallest absolute Gasteiger partial charge is 0.297 e. The molecule has 0 spiro atoms. The number of imidazole rings is 2. The van der Waals surface area contributed by atoms with Crippen molar-refractivity contribution in [1.29, 1.82) is 0 Å². The number of fused-ring (bicyclic) bond motifs is 3. The van der Waals surface area contributed by atoms with Gasteiger partial charge in [0.05, 0.1) is 12.2 Å². The molecule has 0 aliphatic heterocycles. The van der Waals surface area contributed by atoms with Gasteiger partial charge in [-0.1, -0.05) is 32.9 Å². The van der Waals surface area contributed by atoms with Crippen molar-refractivity contribution in [3.63, 3.8) is 0 Å². The highest BCUT2D eigenvalue weighted by Gasteiger charge is 2.27. The first-order valence-electron chi connectivity index (χ1n) is 10.7. The molecule has 0 saturated heterocycles. The SMILES string of the molecule is Cc1cccc(-n2c(C)c(C)n3c4c(=O)n(CC(=O)C(C)(C)C)c(=O)n(C)c4nc23)c1C. The van der Waals surface area contributed by atoms with E-state index in [-0.39, 0.29) is 12.3 Å². The second-order valence-corrected chi connectivity index (χ2v) is 9.55. The number of hydrogen-bond donors (Lipinski definition) is 0. The highest BCUT2D eigenvalue weighted by Crippen LogP contribution is 2.27. The van der Waals surface area contributed by atoms with E-state index in [1.807, 2.05) is 30.5 Å². The summed E-state index contributed by atoms with van der Waals surface area (Å²) in [6.45, 7) is 13.1. The minimum absolute atomic E-state index is 0.183. The molecule has 0 radical (unpaired) electrons. The standard InChI is InChI=1S/C24H29N5O3/c1-13-10-9-11-17(14(13)2)28-15(3)16(4)29-19-20(25-22(28)29)26(8)23(32)27(21(19)31)12-18(30)24(5,6)7/h9-11H,12H2,1-8H3. The number of nitrogens with zero attached hydrogens (tertiary/aromatic N) is 5. The molecule has 1 aromatic carbocycles. The number of aromatic nitrogens is 5. The normalized spacial score (nSPS) is 12.2. The maximum atomic E-state index is 13.5. The van der Waals surface area contributed by atoms with Crippen LogP contribution >= 0.6 is 0 Å². The van der Waals surface area contributed by atoms with Crippen molar-refractivity contribution in [1.82, 2.24) is 23.1 Å². The summed E-state index contributed by atoms with van der Waals surface area (Å²) in [7, 11) is 1.58. The van der Waals surface area contributed by atoms with Crippen molar-refractivity contribution in [2.75, 3.05) is 0 Å². The van der Waals surface area contributed by atoms with Gasteiger partial charge < -0.3 is 0 Å². The van der Waals surface area contributed by atoms with Gasteiger partial charge in [0, 0.05) is 23.9 Å². The maximum Gasteiger partial charge on any atom is 0.332 e. The maximum absolute atomic E-state index is 13.5. The summed E-state index contributed by atoms with van der Waals surface area (Å²) in [6.07, 6.45) is 0. The first-order chi connectivity index (χ1) is 14.9. The molecule has 0 atom stereocenters. The summed E-state index contributed by atoms with van der Waals surface area (Å²) in [5.74, 6) is 0.383. The van der Waals surface area contributed by atoms with E-state index in [1.165, 1.54) is 4.57 Å². The molecule has 8 heteroatoms. The predicted octanol–water partition coefficient (Wildman–Crippen LogP) is 2.99. The molecule has 0 amide bonds. The number of carbonyl (C=O) groups is 1. The fourth-order valence-corrected chi connectivity index (χ4v) is 4.04. The number of rotatable bonds is 3. The lowest BCUT2D eigenvalue weighted by Crippen LogP contribution is -2.43. The zero-order valence-corrected chi connectivity index (χ0v) is 19.9. The van der Waals surface area contributed by atoms with Crippen molar-refractivity contribution >= 4 is 22.7 Å². The van der Waals surface area contributed by atoms with E-state index in [4.69, 9.17) is 4.98 Å². The average molecular weight is 436 g/mol. The lowest BCUT2D eigenvalue weighted by molar-refractivity contribution is -0.127. The van der Waals surface area contributed by atoms with Gasteiger partial charge in [-0.25, -0.2) is 4.79 Å². The Morgan fingerprint density at radius 2 is 1.69 bits per heavy atom. The summed E-state index contributed by atoms with van der Waals surface area (Å²) in [5.41, 5.74) is 3.93. The molecule has 168 valence electrons. The van der Waals surface area contributed by atoms with Crippen molar-refractivity contribution < 1.29 is 4.79 Å². The number of Topliss-reactive ketones (excluding diaryl/α,β-unsaturated/α-hetero) is 1. The molecule has 4 rings (SSSR count). The molecule has 0 aliphatic carbocycles. The summed E-state index contributed by atoms with van der Waals surface area (Å²) >= 11 is 0. The highest BCUT2D eigenvalue weighted by atomic mass is 16.2. The van der Waals surface area contributed by atoms with Gasteiger partial charge in [0.15, 0.2) is 16.9 Å². The highest BCUT2D eigenvalue weighted by molar-refractivity contribution is 5.84. The molecular weight excluding hydrogens is 406 g/mol. The van der Waals surface area contributed by atoms with Gasteiger partial charge in [-0.05, 0) is 44.9 Å². The van der Waals surface area contributed by atoms with Gasteiger partial charge in [0.2, 0.25) is 5.78 Å². The number of aryl methyl sites for hydroxylation is 3. The number of carbonyl (C=O) groups excluding carboxylic acids is 1. The van der Waals surface area contributed by atoms with Crippen molar-refractivity contribution in [2.45, 2.75) is 55.0 Å². The minimum Gasteiger partial charge on any atom is -0.297 e. The van der Waals surface area contributed by atoms with Gasteiger partial charge >= 0.3 is 5.69 Å². The van der Waals surface area contributed by atoms with Gasteiger partial charge in [-0.3, -0.25) is 27.7 Å². The third kappa shape index (κ3) is 2.97. The molecule has 3 heterocycles. The Balaban J connectivity index is 2.12. The third-order valence-electron chi connectivity index (χ3n) is 6.47. The van der Waals surface area contributed by atoms with Crippen molar-refractivity contribution in [2.24, 2.45) is 12.5 Å². The van der Waals surface area contributed by atoms with Crippen molar-refractivity contribution in [3.05, 3.63) is 61.6 Å². The Bertz CT molecular complexity index is 1540. The lowest BCUT2D eigenvalue weighted by Gasteiger charge is -2.17. The lowest BCUT2D eigenvalue weighted by atomic mass is 9.91. The molecule has 8 nitrogen and oxygen atoms in total. The molecule has 0 bridgehead atoms. The monoisotopic (exact) mass is 435 g/mol. The first-order valence-corrected chi connectivity index (χ1v) is 10.7. The summed E-state index contributed by atoms with van der Waals surface area (Å²) in [6, 6.07) is 6.07. The van der Waals surface area contributed by atoms with Gasteiger partial charge in [-0.15, -0.1) is 0 Å². The van der Waals surface area contributed by atoms with Crippen LogP contribution in [0, 0.1) is 33.1 Å². The summed E-state index contributed by atoms with van der Waals surface area (Å²) in [4.78, 5) is 43.8. The van der Waals surface area contributed by atoms with Crippen LogP contribution in [0.5, 0.6) is 0 Å². The number of ketones is 1. The van der Waals surface area contributed by atoms with E-state index >= 15 is 0 Å². The van der Waals surface area contributed by atoms with Crippen molar-refractivity contribution in [3.8, 4) is 5.69 Å². The summed E-state index contributed by atoms with van der Waals surface area (Å²) < 4.78 is 6.19. The van der Waals surface area contributed by atoms with Crippen LogP contribution in [-0.2, 0) is 18.4 Å². The third-order valence-corrected chi connectivity index (χ3v) is 6.47. The second-order valence-electron chi connectivity index (χ2n) is 9.55. The molecule has 32 heavy (non-hydrogen) atoms. The van der Waals surface area contributed by atoms with Crippen LogP contribution in [0.2, 0.25) is 0 Å². The fraction of sp³-hybridized carbons (Fsp3) is 0.417. The van der Waals surface area contributed by atoms with E-state index in [0.717, 1.165) is 32.8 Å². The molecule has 0 aliphatic rings. The number of hydrogen-bond acceptors (Lipinski definition) is 4. The van der Waals surface area contributed by atoms with Crippen LogP contribution < -0.4 is 11.2 Å². The van der Waals surface area contributed by atoms with E-state index in [0.29, 0.717) is 16.9 Å². The van der Waals surface area contributed by atoms with Gasteiger partial charge in [0.25, 0.3) is 5.56 Å². The van der Waals surface area contributed by atoms with Crippen LogP contribution in [0.25, 0.3) is 22.6 Å². The van der Waals surface area contributed by atoms with Gasteiger partial charge in [0.1, 0.15) is 0 Å². The fourth-order valence-electron chi connectivity index (χ4n) is 4.04. The zero-order valence-electron chi connectivity index (χ0n) is 19.9. The molecule has 4 aromatic rings. The molecule has 0 saturated carbocycles. The van der Waals surface area contributed by atoms with Crippen LogP contribution in [-0.4, -0.2) is 28.9 Å². The van der Waals surface area contributed by atoms with Crippen LogP contribution in [0.3, 0.4) is 0 Å². The summed E-state index contributed by atoms with van der Waals surface area (Å²) in [5, 5.41) is 0. The molecule has 3 aromatic heterocycles. The topological polar surface area (TPSA) is 83.3 Å². The zero-order chi connectivity index (χ0) is 23.7. The predicted molar refractivity (Wildman–Crippen MR) is 125 cm³/mol. The Labute approximate surface area is 185 Å². The molecule has 0 fully saturated rings. The average Bonchev–Trinajstić information content (AvgIpc) is 3.21. The van der Waals surface area contributed by atoms with E-state index < -0.39 is 16.7 Å². The van der Waals surface area contributed by atoms with Crippen LogP contribution in [0.15, 0.2) is 27.8 Å². The largest absolute Gasteiger partial charge is 0.332 e. The quantitative estimate of drug-likeness (QED) is 0.495. The Morgan fingerprint density at radius 1 is 1.03 bits per heavy atom. The van der Waals surface area contributed by atoms with E-state index in [2.05, 4.69) is 19.9 Å². The molecule has 0 unspecified atom stereocenters. The Morgan fingerprint density at radius 3 is 2.31 bits per heavy atom. The van der Waals surface area contributed by atoms with Crippen LogP contribution in [0.4, 0.5) is 0 Å². The number of benzene rings is 1. The molecule has 0 N–H and O–H groups in total. The second kappa shape index (κ2) is 7.05. The first kappa shape index (κ1) is 21.8.